The summed E-state index contributed by atoms with van der Waals surface area (Å²) in [4.78, 5) is 14.2. The monoisotopic (exact) mass is 534 g/mol. The van der Waals surface area contributed by atoms with E-state index in [9.17, 15) is 15.0 Å². The van der Waals surface area contributed by atoms with Gasteiger partial charge in [-0.15, -0.1) is 0 Å². The lowest BCUT2D eigenvalue weighted by Gasteiger charge is -2.16. The molecule has 5 heteroatoms. The van der Waals surface area contributed by atoms with Gasteiger partial charge in [0.05, 0.1) is 0 Å². The Morgan fingerprint density at radius 1 is 0.500 bits per heavy atom. The summed E-state index contributed by atoms with van der Waals surface area (Å²) in [7, 11) is 0. The Morgan fingerprint density at radius 2 is 0.921 bits per heavy atom. The zero-order valence-corrected chi connectivity index (χ0v) is 21.5. The van der Waals surface area contributed by atoms with E-state index in [0.717, 1.165) is 10.8 Å². The number of phenols is 2. The molecule has 0 aliphatic carbocycles. The molecule has 184 valence electrons. The molecular weight excluding hydrogens is 515 g/mol. The summed E-state index contributed by atoms with van der Waals surface area (Å²) >= 11 is 12.7. The van der Waals surface area contributed by atoms with E-state index >= 15 is 0 Å². The smallest absolute Gasteiger partial charge is 0.194 e. The van der Waals surface area contributed by atoms with Crippen LogP contribution in [0, 0.1) is 0 Å². The fraction of sp³-hybridized carbons (Fsp3) is 0. The quantitative estimate of drug-likeness (QED) is 0.221. The second kappa shape index (κ2) is 9.53. The first-order valence-corrected chi connectivity index (χ1v) is 12.7. The number of carbonyl (C=O) groups excluding carboxylic acids is 1. The molecule has 0 saturated carbocycles. The maximum Gasteiger partial charge on any atom is 0.194 e. The third-order valence-electron chi connectivity index (χ3n) is 6.83. The van der Waals surface area contributed by atoms with E-state index in [1.807, 2.05) is 60.7 Å². The average molecular weight is 535 g/mol. The summed E-state index contributed by atoms with van der Waals surface area (Å²) in [5, 5.41) is 26.3. The molecule has 0 aliphatic heterocycles. The maximum atomic E-state index is 14.2. The van der Waals surface area contributed by atoms with Gasteiger partial charge in [-0.2, -0.15) is 0 Å². The van der Waals surface area contributed by atoms with Crippen LogP contribution in [-0.4, -0.2) is 16.0 Å². The van der Waals surface area contributed by atoms with E-state index < -0.39 is 0 Å². The van der Waals surface area contributed by atoms with Gasteiger partial charge < -0.3 is 10.2 Å². The van der Waals surface area contributed by atoms with Crippen molar-refractivity contribution in [2.24, 2.45) is 0 Å². The van der Waals surface area contributed by atoms with E-state index in [0.29, 0.717) is 54.2 Å². The average Bonchev–Trinajstić information content (AvgIpc) is 2.93. The first-order chi connectivity index (χ1) is 18.4. The molecule has 0 aliphatic rings. The zero-order chi connectivity index (χ0) is 26.4. The Balaban J connectivity index is 1.55. The Labute approximate surface area is 229 Å². The van der Waals surface area contributed by atoms with Crippen molar-refractivity contribution in [2.45, 2.75) is 0 Å². The second-order valence-corrected chi connectivity index (χ2v) is 9.95. The summed E-state index contributed by atoms with van der Waals surface area (Å²) in [6.07, 6.45) is 0. The van der Waals surface area contributed by atoms with Crippen LogP contribution in [-0.2, 0) is 0 Å². The van der Waals surface area contributed by atoms with Crippen molar-refractivity contribution in [3.63, 3.8) is 0 Å². The predicted molar refractivity (Wildman–Crippen MR) is 156 cm³/mol. The van der Waals surface area contributed by atoms with Crippen molar-refractivity contribution < 1.29 is 15.0 Å². The second-order valence-electron chi connectivity index (χ2n) is 9.07. The van der Waals surface area contributed by atoms with Crippen LogP contribution in [0.2, 0.25) is 10.0 Å². The predicted octanol–water partition coefficient (Wildman–Crippen LogP) is 9.28. The number of rotatable bonds is 4. The van der Waals surface area contributed by atoms with Gasteiger partial charge in [0.25, 0.3) is 0 Å². The molecule has 0 fully saturated rings. The SMILES string of the molecule is O=C(c1ccc(Cl)cc1-c1ccc2ccccc2c1O)c1ccc(Cl)cc1-c1ccc2ccccc2c1O. The molecule has 0 bridgehead atoms. The highest BCUT2D eigenvalue weighted by molar-refractivity contribution is 6.32. The highest BCUT2D eigenvalue weighted by Gasteiger charge is 2.23. The van der Waals surface area contributed by atoms with Gasteiger partial charge in [-0.05, 0) is 70.4 Å². The van der Waals surface area contributed by atoms with Crippen LogP contribution in [0.5, 0.6) is 11.5 Å². The van der Waals surface area contributed by atoms with Crippen molar-refractivity contribution >= 4 is 50.5 Å². The van der Waals surface area contributed by atoms with Gasteiger partial charge >= 0.3 is 0 Å². The van der Waals surface area contributed by atoms with Gasteiger partial charge in [-0.3, -0.25) is 4.79 Å². The topological polar surface area (TPSA) is 57.5 Å². The Morgan fingerprint density at radius 3 is 1.37 bits per heavy atom. The van der Waals surface area contributed by atoms with Gasteiger partial charge in [-0.25, -0.2) is 0 Å². The lowest BCUT2D eigenvalue weighted by molar-refractivity contribution is 0.104. The molecule has 0 saturated heterocycles. The molecule has 0 amide bonds. The van der Waals surface area contributed by atoms with Gasteiger partial charge in [0.15, 0.2) is 5.78 Å². The Kier molecular flexibility index (Phi) is 6.03. The Bertz CT molecular complexity index is 1760. The van der Waals surface area contributed by atoms with Crippen molar-refractivity contribution in [3.05, 3.63) is 130 Å². The third kappa shape index (κ3) is 4.06. The summed E-state index contributed by atoms with van der Waals surface area (Å²) in [5.41, 5.74) is 2.74. The van der Waals surface area contributed by atoms with E-state index in [1.165, 1.54) is 0 Å². The van der Waals surface area contributed by atoms with Crippen LogP contribution in [0.25, 0.3) is 43.8 Å². The molecule has 0 unspecified atom stereocenters. The van der Waals surface area contributed by atoms with Crippen molar-refractivity contribution in [2.75, 3.05) is 0 Å². The first-order valence-electron chi connectivity index (χ1n) is 12.0. The third-order valence-corrected chi connectivity index (χ3v) is 7.30. The minimum atomic E-state index is -0.288. The van der Waals surface area contributed by atoms with Crippen molar-refractivity contribution in [1.82, 2.24) is 0 Å². The number of hydrogen-bond acceptors (Lipinski definition) is 3. The lowest BCUT2D eigenvalue weighted by atomic mass is 9.88. The van der Waals surface area contributed by atoms with Crippen LogP contribution in [0.3, 0.4) is 0 Å². The molecule has 3 nitrogen and oxygen atoms in total. The van der Waals surface area contributed by atoms with Crippen LogP contribution >= 0.6 is 23.2 Å². The van der Waals surface area contributed by atoms with Gasteiger partial charge in [-0.1, -0.05) is 83.9 Å². The van der Waals surface area contributed by atoms with Gasteiger partial charge in [0.2, 0.25) is 0 Å². The number of benzene rings is 6. The summed E-state index contributed by atoms with van der Waals surface area (Å²) in [5.74, 6) is -0.144. The van der Waals surface area contributed by atoms with Gasteiger partial charge in [0, 0.05) is 43.1 Å². The molecule has 0 radical (unpaired) electrons. The number of fused-ring (bicyclic) bond motifs is 2. The normalized spacial score (nSPS) is 11.2. The molecule has 2 N–H and O–H groups in total. The number of aromatic hydroxyl groups is 2. The van der Waals surface area contributed by atoms with Crippen molar-refractivity contribution in [3.8, 4) is 33.8 Å². The highest BCUT2D eigenvalue weighted by atomic mass is 35.5. The fourth-order valence-electron chi connectivity index (χ4n) is 4.96. The van der Waals surface area contributed by atoms with E-state index in [2.05, 4.69) is 0 Å². The van der Waals surface area contributed by atoms with Crippen LogP contribution < -0.4 is 0 Å². The molecule has 0 spiro atoms. The van der Waals surface area contributed by atoms with Gasteiger partial charge in [0.1, 0.15) is 11.5 Å². The van der Waals surface area contributed by atoms with Crippen molar-refractivity contribution in [1.29, 1.82) is 0 Å². The highest BCUT2D eigenvalue weighted by Crippen LogP contribution is 2.42. The molecule has 0 aromatic heterocycles. The number of carbonyl (C=O) groups is 1. The summed E-state index contributed by atoms with van der Waals surface area (Å²) < 4.78 is 0. The molecule has 38 heavy (non-hydrogen) atoms. The van der Waals surface area contributed by atoms with Crippen LogP contribution in [0.4, 0.5) is 0 Å². The molecule has 6 aromatic rings. The maximum absolute atomic E-state index is 14.2. The van der Waals surface area contributed by atoms with E-state index in [4.69, 9.17) is 23.2 Å². The number of ketones is 1. The molecule has 0 atom stereocenters. The fourth-order valence-corrected chi connectivity index (χ4v) is 5.31. The van der Waals surface area contributed by atoms with Crippen LogP contribution in [0.15, 0.2) is 109 Å². The lowest BCUT2D eigenvalue weighted by Crippen LogP contribution is -2.06. The zero-order valence-electron chi connectivity index (χ0n) is 20.0. The minimum absolute atomic E-state index is 0.0721. The largest absolute Gasteiger partial charge is 0.507 e. The van der Waals surface area contributed by atoms with E-state index in [1.54, 1.807) is 48.5 Å². The minimum Gasteiger partial charge on any atom is -0.507 e. The van der Waals surface area contributed by atoms with Crippen LogP contribution in [0.1, 0.15) is 15.9 Å². The molecule has 6 aromatic carbocycles. The summed E-state index contributed by atoms with van der Waals surface area (Å²) in [6.45, 7) is 0. The van der Waals surface area contributed by atoms with E-state index in [-0.39, 0.29) is 17.3 Å². The molecule has 6 rings (SSSR count). The number of hydrogen-bond donors (Lipinski definition) is 2. The molecular formula is C33H20Cl2O3. The standard InChI is InChI=1S/C33H20Cl2O3/c34-21-11-15-27(29(17-21)25-13-9-19-5-1-3-7-23(19)31(25)36)33(38)28-16-12-22(35)18-30(28)26-14-10-20-6-2-4-8-24(20)32(26)37/h1-18,36-37H. The molecule has 0 heterocycles. The summed E-state index contributed by atoms with van der Waals surface area (Å²) in [6, 6.07) is 32.4. The number of halogens is 2. The number of phenolic OH excluding ortho intramolecular Hbond substituents is 2. The Hall–Kier alpha value is -4.31. The first kappa shape index (κ1) is 24.1.